The summed E-state index contributed by atoms with van der Waals surface area (Å²) in [5.41, 5.74) is 0.860. The summed E-state index contributed by atoms with van der Waals surface area (Å²) < 4.78 is 10.1. The molecule has 3 aromatic rings. The quantitative estimate of drug-likeness (QED) is 0.704. The Morgan fingerprint density at radius 1 is 1.22 bits per heavy atom. The minimum Gasteiger partial charge on any atom is -0.467 e. The lowest BCUT2D eigenvalue weighted by molar-refractivity contribution is -0.124. The van der Waals surface area contributed by atoms with Crippen LogP contribution in [-0.4, -0.2) is 23.5 Å². The number of para-hydroxylation sites is 1. The van der Waals surface area contributed by atoms with Gasteiger partial charge in [0.1, 0.15) is 11.5 Å². The average molecular weight is 333 g/mol. The van der Waals surface area contributed by atoms with Crippen LogP contribution in [0, 0.1) is 0 Å². The first kappa shape index (κ1) is 15.2. The highest BCUT2D eigenvalue weighted by molar-refractivity contribution is 6.38. The van der Waals surface area contributed by atoms with E-state index in [9.17, 15) is 9.59 Å². The fourth-order valence-corrected chi connectivity index (χ4v) is 2.39. The van der Waals surface area contributed by atoms with Gasteiger partial charge in [0.25, 0.3) is 5.91 Å². The van der Waals surface area contributed by atoms with Gasteiger partial charge in [-0.25, -0.2) is 4.79 Å². The highest BCUT2D eigenvalue weighted by Gasteiger charge is 2.18. The van der Waals surface area contributed by atoms with Crippen LogP contribution in [0.1, 0.15) is 16.2 Å². The van der Waals surface area contributed by atoms with Gasteiger partial charge < -0.3 is 19.5 Å². The van der Waals surface area contributed by atoms with Gasteiger partial charge in [-0.3, -0.25) is 4.79 Å². The van der Waals surface area contributed by atoms with E-state index < -0.39 is 18.5 Å². The molecule has 1 aromatic carbocycles. The zero-order valence-corrected chi connectivity index (χ0v) is 12.7. The van der Waals surface area contributed by atoms with E-state index in [1.807, 2.05) is 12.1 Å². The minimum atomic E-state index is -0.681. The second-order valence-electron chi connectivity index (χ2n) is 4.79. The van der Waals surface area contributed by atoms with Gasteiger partial charge in [-0.15, -0.1) is 0 Å². The third kappa shape index (κ3) is 3.37. The van der Waals surface area contributed by atoms with Crippen molar-refractivity contribution in [2.45, 2.75) is 6.54 Å². The summed E-state index contributed by atoms with van der Waals surface area (Å²) in [6, 6.07) is 10.7. The Labute approximate surface area is 136 Å². The third-order valence-corrected chi connectivity index (χ3v) is 3.61. The van der Waals surface area contributed by atoms with Crippen LogP contribution in [0.5, 0.6) is 0 Å². The third-order valence-electron chi connectivity index (χ3n) is 3.22. The van der Waals surface area contributed by atoms with E-state index in [0.717, 1.165) is 10.9 Å². The molecule has 0 bridgehead atoms. The van der Waals surface area contributed by atoms with Crippen LogP contribution in [-0.2, 0) is 16.1 Å². The van der Waals surface area contributed by atoms with Gasteiger partial charge in [-0.05, 0) is 18.2 Å². The molecule has 0 aliphatic carbocycles. The van der Waals surface area contributed by atoms with Crippen molar-refractivity contribution in [1.82, 2.24) is 10.3 Å². The number of carbonyl (C=O) groups excluding carboxylic acids is 2. The molecule has 0 unspecified atom stereocenters. The smallest absolute Gasteiger partial charge is 0.356 e. The summed E-state index contributed by atoms with van der Waals surface area (Å²) in [4.78, 5) is 26.6. The zero-order chi connectivity index (χ0) is 16.2. The highest BCUT2D eigenvalue weighted by atomic mass is 35.5. The first-order valence-corrected chi connectivity index (χ1v) is 7.25. The SMILES string of the molecule is O=C(COC(=O)c1[nH]c2ccccc2c1Cl)NCc1ccco1. The number of aromatic amines is 1. The highest BCUT2D eigenvalue weighted by Crippen LogP contribution is 2.27. The lowest BCUT2D eigenvalue weighted by Gasteiger charge is -2.05. The number of amides is 1. The van der Waals surface area contributed by atoms with Crippen molar-refractivity contribution < 1.29 is 18.7 Å². The van der Waals surface area contributed by atoms with Gasteiger partial charge in [-0.2, -0.15) is 0 Å². The molecule has 3 rings (SSSR count). The average Bonchev–Trinajstić information content (AvgIpc) is 3.19. The Morgan fingerprint density at radius 2 is 2.04 bits per heavy atom. The summed E-state index contributed by atoms with van der Waals surface area (Å²) >= 11 is 6.15. The van der Waals surface area contributed by atoms with Gasteiger partial charge >= 0.3 is 5.97 Å². The molecule has 2 aromatic heterocycles. The number of hydrogen-bond donors (Lipinski definition) is 2. The summed E-state index contributed by atoms with van der Waals surface area (Å²) in [7, 11) is 0. The molecule has 0 aliphatic rings. The normalized spacial score (nSPS) is 10.7. The first-order valence-electron chi connectivity index (χ1n) is 6.87. The standard InChI is InChI=1S/C16H13ClN2O4/c17-14-11-5-1-2-6-12(11)19-15(14)16(21)23-9-13(20)18-8-10-4-3-7-22-10/h1-7,19H,8-9H2,(H,18,20). The number of ether oxygens (including phenoxy) is 1. The van der Waals surface area contributed by atoms with Gasteiger partial charge in [0.2, 0.25) is 0 Å². The van der Waals surface area contributed by atoms with Crippen LogP contribution in [0.25, 0.3) is 10.9 Å². The maximum absolute atomic E-state index is 12.0. The van der Waals surface area contributed by atoms with Crippen LogP contribution in [0.3, 0.4) is 0 Å². The lowest BCUT2D eigenvalue weighted by atomic mass is 10.2. The molecule has 0 atom stereocenters. The van der Waals surface area contributed by atoms with Crippen LogP contribution >= 0.6 is 11.6 Å². The molecule has 2 heterocycles. The lowest BCUT2D eigenvalue weighted by Crippen LogP contribution is -2.28. The minimum absolute atomic E-state index is 0.131. The molecule has 0 aliphatic heterocycles. The maximum atomic E-state index is 12.0. The van der Waals surface area contributed by atoms with Crippen molar-refractivity contribution in [3.8, 4) is 0 Å². The summed E-state index contributed by atoms with van der Waals surface area (Å²) in [5.74, 6) is -0.496. The van der Waals surface area contributed by atoms with Crippen LogP contribution < -0.4 is 5.32 Å². The van der Waals surface area contributed by atoms with Gasteiger partial charge in [0.15, 0.2) is 6.61 Å². The largest absolute Gasteiger partial charge is 0.467 e. The number of nitrogens with one attached hydrogen (secondary N) is 2. The number of carbonyl (C=O) groups is 2. The topological polar surface area (TPSA) is 84.3 Å². The van der Waals surface area contributed by atoms with Crippen LogP contribution in [0.15, 0.2) is 47.1 Å². The van der Waals surface area contributed by atoms with Crippen molar-refractivity contribution in [1.29, 1.82) is 0 Å². The summed E-state index contributed by atoms with van der Waals surface area (Å²) in [6.07, 6.45) is 1.51. The number of hydrogen-bond acceptors (Lipinski definition) is 4. The number of rotatable bonds is 5. The van der Waals surface area contributed by atoms with Gasteiger partial charge in [-0.1, -0.05) is 29.8 Å². The van der Waals surface area contributed by atoms with Crippen molar-refractivity contribution >= 4 is 34.4 Å². The van der Waals surface area contributed by atoms with Gasteiger partial charge in [0.05, 0.1) is 17.8 Å². The molecular formula is C16H13ClN2O4. The molecule has 6 nitrogen and oxygen atoms in total. The van der Waals surface area contributed by atoms with E-state index >= 15 is 0 Å². The van der Waals surface area contributed by atoms with Crippen LogP contribution in [0.2, 0.25) is 5.02 Å². The van der Waals surface area contributed by atoms with E-state index in [1.165, 1.54) is 6.26 Å². The molecule has 1 amide bonds. The van der Waals surface area contributed by atoms with Crippen molar-refractivity contribution in [2.75, 3.05) is 6.61 Å². The van der Waals surface area contributed by atoms with Crippen LogP contribution in [0.4, 0.5) is 0 Å². The molecule has 0 fully saturated rings. The summed E-state index contributed by atoms with van der Waals surface area (Å²) in [5, 5.41) is 3.58. The summed E-state index contributed by atoms with van der Waals surface area (Å²) in [6.45, 7) is -0.165. The number of H-pyrrole nitrogens is 1. The first-order chi connectivity index (χ1) is 11.1. The van der Waals surface area contributed by atoms with Gasteiger partial charge in [0, 0.05) is 10.9 Å². The fourth-order valence-electron chi connectivity index (χ4n) is 2.10. The Balaban J connectivity index is 1.58. The van der Waals surface area contributed by atoms with E-state index in [0.29, 0.717) is 5.76 Å². The predicted octanol–water partition coefficient (Wildman–Crippen LogP) is 2.89. The monoisotopic (exact) mass is 332 g/mol. The molecular weight excluding hydrogens is 320 g/mol. The fraction of sp³-hybridized carbons (Fsp3) is 0.125. The molecule has 0 saturated heterocycles. The Bertz CT molecular complexity index is 839. The number of benzene rings is 1. The van der Waals surface area contributed by atoms with Crippen molar-refractivity contribution in [3.63, 3.8) is 0 Å². The Kier molecular flexibility index (Phi) is 4.34. The Morgan fingerprint density at radius 3 is 2.78 bits per heavy atom. The number of aromatic nitrogens is 1. The molecule has 0 saturated carbocycles. The second kappa shape index (κ2) is 6.58. The maximum Gasteiger partial charge on any atom is 0.356 e. The zero-order valence-electron chi connectivity index (χ0n) is 12.0. The molecule has 7 heteroatoms. The Hall–Kier alpha value is -2.73. The van der Waals surface area contributed by atoms with Crippen molar-refractivity contribution in [3.05, 3.63) is 59.1 Å². The number of esters is 1. The molecule has 0 radical (unpaired) electrons. The molecule has 0 spiro atoms. The van der Waals surface area contributed by atoms with E-state index in [4.69, 9.17) is 20.8 Å². The number of halogens is 1. The molecule has 2 N–H and O–H groups in total. The number of furan rings is 1. The second-order valence-corrected chi connectivity index (χ2v) is 5.17. The van der Waals surface area contributed by atoms with Crippen molar-refractivity contribution in [2.24, 2.45) is 0 Å². The number of fused-ring (bicyclic) bond motifs is 1. The molecule has 23 heavy (non-hydrogen) atoms. The van der Waals surface area contributed by atoms with E-state index in [2.05, 4.69) is 10.3 Å². The molecule has 118 valence electrons. The van der Waals surface area contributed by atoms with E-state index in [-0.39, 0.29) is 17.3 Å². The predicted molar refractivity (Wildman–Crippen MR) is 84.1 cm³/mol. The van der Waals surface area contributed by atoms with E-state index in [1.54, 1.807) is 24.3 Å².